The van der Waals surface area contributed by atoms with Gasteiger partial charge in [0.2, 0.25) is 0 Å². The zero-order chi connectivity index (χ0) is 45.0. The number of aromatic nitrogens is 1. The van der Waals surface area contributed by atoms with Gasteiger partial charge in [0.15, 0.2) is 0 Å². The van der Waals surface area contributed by atoms with E-state index in [1.54, 1.807) is 0 Å². The van der Waals surface area contributed by atoms with E-state index in [0.29, 0.717) is 0 Å². The Kier molecular flexibility index (Phi) is 9.44. The molecule has 1 heterocycles. The molecule has 0 saturated carbocycles. The summed E-state index contributed by atoms with van der Waals surface area (Å²) in [6.07, 6.45) is 0. The van der Waals surface area contributed by atoms with Crippen molar-refractivity contribution < 1.29 is 0 Å². The Hall–Kier alpha value is -9.16. The van der Waals surface area contributed by atoms with Crippen LogP contribution in [0.3, 0.4) is 0 Å². The minimum Gasteiger partial charge on any atom is -0.310 e. The highest BCUT2D eigenvalue weighted by Crippen LogP contribution is 2.45. The molecule has 0 amide bonds. The summed E-state index contributed by atoms with van der Waals surface area (Å²) in [4.78, 5) is 2.39. The Labute approximate surface area is 395 Å². The Balaban J connectivity index is 0.967. The fraction of sp³-hybridized carbons (Fsp3) is 0. The molecule has 13 rings (SSSR count). The van der Waals surface area contributed by atoms with Crippen LogP contribution >= 0.6 is 0 Å². The van der Waals surface area contributed by atoms with E-state index in [0.717, 1.165) is 61.4 Å². The topological polar surface area (TPSA) is 8.17 Å². The molecule has 0 N–H and O–H groups in total. The maximum atomic E-state index is 3.56. The Bertz CT molecular complexity index is 3990. The normalized spacial score (nSPS) is 11.4. The predicted molar refractivity (Wildman–Crippen MR) is 287 cm³/mol. The van der Waals surface area contributed by atoms with Gasteiger partial charge in [0, 0.05) is 39.1 Å². The molecule has 68 heavy (non-hydrogen) atoms. The third-order valence-electron chi connectivity index (χ3n) is 13.6. The van der Waals surface area contributed by atoms with Crippen molar-refractivity contribution in [1.82, 2.24) is 4.57 Å². The second kappa shape index (κ2) is 16.4. The number of fused-ring (bicyclic) bond motifs is 7. The molecule has 0 unspecified atom stereocenters. The van der Waals surface area contributed by atoms with Crippen molar-refractivity contribution in [3.8, 4) is 50.2 Å². The zero-order valence-corrected chi connectivity index (χ0v) is 37.1. The Morgan fingerprint density at radius 1 is 0.324 bits per heavy atom. The summed E-state index contributed by atoms with van der Waals surface area (Å²) in [5.41, 5.74) is 15.8. The second-order valence-electron chi connectivity index (χ2n) is 17.5. The maximum absolute atomic E-state index is 3.56. The summed E-state index contributed by atoms with van der Waals surface area (Å²) in [5, 5.41) is 9.89. The molecule has 2 nitrogen and oxygen atoms in total. The molecule has 0 spiro atoms. The van der Waals surface area contributed by atoms with Gasteiger partial charge in [-0.15, -0.1) is 0 Å². The molecule has 0 fully saturated rings. The van der Waals surface area contributed by atoms with Crippen LogP contribution in [0.4, 0.5) is 17.1 Å². The van der Waals surface area contributed by atoms with Crippen LogP contribution in [0.25, 0.3) is 104 Å². The van der Waals surface area contributed by atoms with E-state index in [1.807, 2.05) is 0 Å². The average molecular weight is 863 g/mol. The Morgan fingerprint density at radius 3 is 1.69 bits per heavy atom. The van der Waals surface area contributed by atoms with Crippen molar-refractivity contribution >= 4 is 71.2 Å². The van der Waals surface area contributed by atoms with Crippen LogP contribution < -0.4 is 4.90 Å². The van der Waals surface area contributed by atoms with Crippen molar-refractivity contribution in [1.29, 1.82) is 0 Å². The van der Waals surface area contributed by atoms with Gasteiger partial charge in [-0.3, -0.25) is 0 Å². The quantitative estimate of drug-likeness (QED) is 0.138. The van der Waals surface area contributed by atoms with E-state index in [9.17, 15) is 0 Å². The lowest BCUT2D eigenvalue weighted by Crippen LogP contribution is -2.10. The van der Waals surface area contributed by atoms with Gasteiger partial charge in [-0.05, 0) is 144 Å². The maximum Gasteiger partial charge on any atom is 0.106 e. The number of rotatable bonds is 8. The van der Waals surface area contributed by atoms with Gasteiger partial charge >= 0.3 is 0 Å². The van der Waals surface area contributed by atoms with Gasteiger partial charge in [0.05, 0.1) is 5.52 Å². The fourth-order valence-corrected chi connectivity index (χ4v) is 10.4. The lowest BCUT2D eigenvalue weighted by atomic mass is 9.95. The van der Waals surface area contributed by atoms with Gasteiger partial charge in [-0.25, -0.2) is 0 Å². The molecule has 13 aromatic rings. The smallest absolute Gasteiger partial charge is 0.106 e. The zero-order valence-electron chi connectivity index (χ0n) is 37.1. The van der Waals surface area contributed by atoms with Crippen LogP contribution in [0.5, 0.6) is 0 Å². The molecule has 1 aromatic heterocycles. The molecule has 0 aliphatic rings. The number of para-hydroxylation sites is 1. The van der Waals surface area contributed by atoms with E-state index in [1.165, 1.54) is 60.0 Å². The molecule has 0 aliphatic heterocycles. The number of benzene rings is 11. The van der Waals surface area contributed by atoms with E-state index in [-0.39, 0.29) is 0 Å². The number of anilines is 3. The van der Waals surface area contributed by atoms with Crippen LogP contribution in [0.2, 0.25) is 0 Å². The molecule has 12 aromatic carbocycles. The van der Waals surface area contributed by atoms with Crippen molar-refractivity contribution in [3.05, 3.63) is 267 Å². The SMILES string of the molecule is c1cc(-c2ccccc2)c2c3c(-c4cccc(N(c5ccc(-c6ccc7c(ccc8ccccc87)c6)cc5)c5ccc(-c6cccc7ccccc67)cc5)c4)cccc3n(-c3ccccc3)c2c#1. The minimum atomic E-state index is 1.00. The van der Waals surface area contributed by atoms with Gasteiger partial charge in [0.25, 0.3) is 0 Å². The molecule has 0 bridgehead atoms. The third-order valence-corrected chi connectivity index (χ3v) is 13.6. The fourth-order valence-electron chi connectivity index (χ4n) is 10.4. The predicted octanol–water partition coefficient (Wildman–Crippen LogP) is 18.0. The molecule has 0 atom stereocenters. The summed E-state index contributed by atoms with van der Waals surface area (Å²) in [5.74, 6) is 0. The third kappa shape index (κ3) is 6.68. The van der Waals surface area contributed by atoms with Gasteiger partial charge in [-0.1, -0.05) is 194 Å². The molecule has 0 radical (unpaired) electrons. The summed E-state index contributed by atoms with van der Waals surface area (Å²) in [7, 11) is 0. The van der Waals surface area contributed by atoms with Crippen molar-refractivity contribution in [3.63, 3.8) is 0 Å². The van der Waals surface area contributed by atoms with Crippen molar-refractivity contribution in [2.24, 2.45) is 0 Å². The van der Waals surface area contributed by atoms with Gasteiger partial charge < -0.3 is 9.47 Å². The number of nitrogens with zero attached hydrogens (tertiary/aromatic N) is 2. The van der Waals surface area contributed by atoms with Gasteiger partial charge in [0.1, 0.15) is 5.52 Å². The lowest BCUT2D eigenvalue weighted by molar-refractivity contribution is 1.18. The standard InChI is InChI=1S/C66H42N2/c1-3-15-47(16-4-1)61-27-13-29-63-65(61)66-62(28-14-30-64(66)68(63)53-21-5-2-6-22-53)51-20-11-23-56(44-51)67(55-40-35-49(36-41-55)59-26-12-19-46-17-7-9-24-57(46)59)54-38-33-45(34-39-54)50-37-42-60-52(43-50)32-31-48-18-8-10-25-58(48)60/h1-12,14-28,30-44H. The highest BCUT2D eigenvalue weighted by molar-refractivity contribution is 6.20. The second-order valence-corrected chi connectivity index (χ2v) is 17.5. The van der Waals surface area contributed by atoms with Crippen LogP contribution in [0.1, 0.15) is 0 Å². The molecule has 316 valence electrons. The summed E-state index contributed by atoms with van der Waals surface area (Å²) < 4.78 is 2.34. The van der Waals surface area contributed by atoms with Crippen LogP contribution in [0, 0.1) is 12.1 Å². The molecule has 2 heteroatoms. The summed E-state index contributed by atoms with van der Waals surface area (Å²) in [6.45, 7) is 0. The summed E-state index contributed by atoms with van der Waals surface area (Å²) in [6, 6.07) is 99.3. The largest absolute Gasteiger partial charge is 0.310 e. The number of hydrogen-bond donors (Lipinski definition) is 0. The van der Waals surface area contributed by atoms with Crippen LogP contribution in [-0.4, -0.2) is 4.57 Å². The molecular formula is C66H42N2. The molecular weight excluding hydrogens is 821 g/mol. The average Bonchev–Trinajstić information content (AvgIpc) is 3.76. The highest BCUT2D eigenvalue weighted by atomic mass is 15.1. The number of hydrogen-bond acceptors (Lipinski definition) is 1. The highest BCUT2D eigenvalue weighted by Gasteiger charge is 2.21. The first-order chi connectivity index (χ1) is 33.7. The van der Waals surface area contributed by atoms with Crippen LogP contribution in [0.15, 0.2) is 255 Å². The lowest BCUT2D eigenvalue weighted by Gasteiger charge is -2.26. The summed E-state index contributed by atoms with van der Waals surface area (Å²) >= 11 is 0. The Morgan fingerprint density at radius 2 is 0.897 bits per heavy atom. The minimum absolute atomic E-state index is 1.00. The first-order valence-electron chi connectivity index (χ1n) is 23.2. The first kappa shape index (κ1) is 39.2. The first-order valence-corrected chi connectivity index (χ1v) is 23.2. The van der Waals surface area contributed by atoms with Crippen molar-refractivity contribution in [2.75, 3.05) is 4.90 Å². The van der Waals surface area contributed by atoms with Gasteiger partial charge in [-0.2, -0.15) is 0 Å². The van der Waals surface area contributed by atoms with Crippen LogP contribution in [-0.2, 0) is 0 Å². The van der Waals surface area contributed by atoms with Crippen molar-refractivity contribution in [2.45, 2.75) is 0 Å². The van der Waals surface area contributed by atoms with E-state index < -0.39 is 0 Å². The molecule has 0 aliphatic carbocycles. The van der Waals surface area contributed by atoms with E-state index in [4.69, 9.17) is 0 Å². The molecule has 0 saturated heterocycles. The van der Waals surface area contributed by atoms with E-state index in [2.05, 4.69) is 276 Å². The van der Waals surface area contributed by atoms with E-state index >= 15 is 0 Å². The monoisotopic (exact) mass is 862 g/mol.